The summed E-state index contributed by atoms with van der Waals surface area (Å²) in [4.78, 5) is 0.239. The van der Waals surface area contributed by atoms with E-state index in [2.05, 4.69) is 0 Å². The highest BCUT2D eigenvalue weighted by Crippen LogP contribution is 2.37. The van der Waals surface area contributed by atoms with E-state index < -0.39 is 11.7 Å². The smallest absolute Gasteiger partial charge is 0.392 e. The molecule has 0 amide bonds. The number of aliphatic hydroxyl groups is 1. The highest BCUT2D eigenvalue weighted by Gasteiger charge is 2.33. The monoisotopic (exact) mass is 264 g/mol. The largest absolute Gasteiger partial charge is 0.417 e. The average Bonchev–Trinajstić information content (AvgIpc) is 2.28. The minimum Gasteiger partial charge on any atom is -0.392 e. The van der Waals surface area contributed by atoms with Crippen LogP contribution in [0.25, 0.3) is 0 Å². The molecule has 0 aromatic heterocycles. The second-order valence-electron chi connectivity index (χ2n) is 3.69. The molecule has 5 heteroatoms. The van der Waals surface area contributed by atoms with Crippen LogP contribution in [0.1, 0.15) is 30.9 Å². The molecule has 0 aliphatic heterocycles. The van der Waals surface area contributed by atoms with Gasteiger partial charge in [0.05, 0.1) is 12.2 Å². The maximum atomic E-state index is 12.8. The maximum Gasteiger partial charge on any atom is 0.417 e. The lowest BCUT2D eigenvalue weighted by atomic mass is 10.1. The van der Waals surface area contributed by atoms with E-state index in [0.29, 0.717) is 5.75 Å². The topological polar surface area (TPSA) is 20.2 Å². The summed E-state index contributed by atoms with van der Waals surface area (Å²) >= 11 is 1.22. The number of unbranched alkanes of at least 4 members (excludes halogenated alkanes) is 1. The second kappa shape index (κ2) is 6.31. The minimum absolute atomic E-state index is 0.239. The van der Waals surface area contributed by atoms with Gasteiger partial charge in [-0.25, -0.2) is 0 Å². The van der Waals surface area contributed by atoms with Crippen molar-refractivity contribution in [2.24, 2.45) is 0 Å². The Morgan fingerprint density at radius 1 is 1.29 bits per heavy atom. The molecule has 0 aliphatic rings. The second-order valence-corrected chi connectivity index (χ2v) is 4.83. The summed E-state index contributed by atoms with van der Waals surface area (Å²) in [6, 6.07) is 3.99. The van der Waals surface area contributed by atoms with Crippen molar-refractivity contribution >= 4 is 11.8 Å². The van der Waals surface area contributed by atoms with E-state index in [-0.39, 0.29) is 17.1 Å². The van der Waals surface area contributed by atoms with Gasteiger partial charge >= 0.3 is 6.18 Å². The molecule has 0 fully saturated rings. The van der Waals surface area contributed by atoms with Crippen molar-refractivity contribution in [1.82, 2.24) is 0 Å². The third kappa shape index (κ3) is 4.24. The van der Waals surface area contributed by atoms with Crippen LogP contribution in [-0.4, -0.2) is 10.9 Å². The van der Waals surface area contributed by atoms with Crippen molar-refractivity contribution in [2.75, 3.05) is 5.75 Å². The Balaban J connectivity index is 2.95. The van der Waals surface area contributed by atoms with Gasteiger partial charge in [-0.1, -0.05) is 19.4 Å². The molecule has 0 atom stereocenters. The molecule has 1 aromatic rings. The Bertz CT molecular complexity index is 363. The normalized spacial score (nSPS) is 11.8. The van der Waals surface area contributed by atoms with Gasteiger partial charge in [0.15, 0.2) is 0 Å². The summed E-state index contributed by atoms with van der Waals surface area (Å²) in [6.07, 6.45) is -2.51. The average molecular weight is 264 g/mol. The lowest BCUT2D eigenvalue weighted by molar-refractivity contribution is -0.139. The van der Waals surface area contributed by atoms with E-state index >= 15 is 0 Å². The van der Waals surface area contributed by atoms with Crippen LogP contribution in [0.4, 0.5) is 13.2 Å². The zero-order valence-corrected chi connectivity index (χ0v) is 10.4. The number of halogens is 3. The Hall–Kier alpha value is -0.680. The van der Waals surface area contributed by atoms with Gasteiger partial charge in [-0.2, -0.15) is 13.2 Å². The number of benzene rings is 1. The Morgan fingerprint density at radius 2 is 2.00 bits per heavy atom. The first-order valence-corrected chi connectivity index (χ1v) is 6.41. The summed E-state index contributed by atoms with van der Waals surface area (Å²) in [7, 11) is 0. The van der Waals surface area contributed by atoms with Gasteiger partial charge in [0, 0.05) is 4.90 Å². The Labute approximate surface area is 103 Å². The molecule has 0 aliphatic carbocycles. The maximum absolute atomic E-state index is 12.8. The summed E-state index contributed by atoms with van der Waals surface area (Å²) in [5.41, 5.74) is -0.359. The van der Waals surface area contributed by atoms with Crippen molar-refractivity contribution in [3.63, 3.8) is 0 Å². The fraction of sp³-hybridized carbons (Fsp3) is 0.500. The third-order valence-corrected chi connectivity index (χ3v) is 3.45. The van der Waals surface area contributed by atoms with Crippen molar-refractivity contribution in [3.05, 3.63) is 29.3 Å². The SMILES string of the molecule is CCCCSc1ccc(CO)cc1C(F)(F)F. The van der Waals surface area contributed by atoms with Crippen LogP contribution in [0.3, 0.4) is 0 Å². The van der Waals surface area contributed by atoms with Crippen molar-refractivity contribution in [1.29, 1.82) is 0 Å². The first-order chi connectivity index (χ1) is 7.99. The summed E-state index contributed by atoms with van der Waals surface area (Å²) in [5.74, 6) is 0.679. The molecular formula is C12H15F3OS. The first kappa shape index (κ1) is 14.4. The van der Waals surface area contributed by atoms with Crippen LogP contribution in [0.15, 0.2) is 23.1 Å². The molecule has 0 radical (unpaired) electrons. The fourth-order valence-electron chi connectivity index (χ4n) is 1.35. The summed E-state index contributed by atoms with van der Waals surface area (Å²) < 4.78 is 38.3. The third-order valence-electron chi connectivity index (χ3n) is 2.29. The standard InChI is InChI=1S/C12H15F3OS/c1-2-3-6-17-11-5-4-9(8-16)7-10(11)12(13,14)15/h4-5,7,16H,2-3,6,8H2,1H3. The molecule has 1 rings (SSSR count). The minimum atomic E-state index is -4.36. The highest BCUT2D eigenvalue weighted by molar-refractivity contribution is 7.99. The van der Waals surface area contributed by atoms with Gasteiger partial charge < -0.3 is 5.11 Å². The van der Waals surface area contributed by atoms with Gasteiger partial charge in [0.1, 0.15) is 0 Å². The first-order valence-electron chi connectivity index (χ1n) is 5.42. The predicted octanol–water partition coefficient (Wildman–Crippen LogP) is 4.09. The molecule has 1 aromatic carbocycles. The number of hydrogen-bond acceptors (Lipinski definition) is 2. The number of aliphatic hydroxyl groups excluding tert-OH is 1. The van der Waals surface area contributed by atoms with Crippen LogP contribution in [-0.2, 0) is 12.8 Å². The molecule has 0 heterocycles. The van der Waals surface area contributed by atoms with Crippen LogP contribution >= 0.6 is 11.8 Å². The summed E-state index contributed by atoms with van der Waals surface area (Å²) in [6.45, 7) is 1.63. The van der Waals surface area contributed by atoms with Crippen LogP contribution in [0, 0.1) is 0 Å². The van der Waals surface area contributed by atoms with Gasteiger partial charge in [-0.05, 0) is 29.9 Å². The van der Waals surface area contributed by atoms with E-state index in [1.54, 1.807) is 0 Å². The zero-order chi connectivity index (χ0) is 12.9. The molecule has 0 bridgehead atoms. The molecular weight excluding hydrogens is 249 g/mol. The molecule has 0 spiro atoms. The molecule has 1 nitrogen and oxygen atoms in total. The zero-order valence-electron chi connectivity index (χ0n) is 9.55. The number of hydrogen-bond donors (Lipinski definition) is 1. The van der Waals surface area contributed by atoms with E-state index in [9.17, 15) is 13.2 Å². The van der Waals surface area contributed by atoms with Crippen molar-refractivity contribution in [2.45, 2.75) is 37.4 Å². The predicted molar refractivity (Wildman–Crippen MR) is 63.0 cm³/mol. The Kier molecular flexibility index (Phi) is 5.33. The van der Waals surface area contributed by atoms with Gasteiger partial charge in [-0.15, -0.1) is 11.8 Å². The van der Waals surface area contributed by atoms with E-state index in [1.165, 1.54) is 23.9 Å². The fourth-order valence-corrected chi connectivity index (χ4v) is 2.50. The van der Waals surface area contributed by atoms with E-state index in [0.717, 1.165) is 18.9 Å². The Morgan fingerprint density at radius 3 is 2.53 bits per heavy atom. The highest BCUT2D eigenvalue weighted by atomic mass is 32.2. The molecule has 96 valence electrons. The number of rotatable bonds is 5. The quantitative estimate of drug-likeness (QED) is 0.638. The van der Waals surface area contributed by atoms with E-state index in [4.69, 9.17) is 5.11 Å². The van der Waals surface area contributed by atoms with Gasteiger partial charge in [0.25, 0.3) is 0 Å². The molecule has 17 heavy (non-hydrogen) atoms. The molecule has 0 saturated carbocycles. The van der Waals surface area contributed by atoms with Crippen molar-refractivity contribution < 1.29 is 18.3 Å². The number of thioether (sulfide) groups is 1. The van der Waals surface area contributed by atoms with Crippen LogP contribution in [0.2, 0.25) is 0 Å². The number of alkyl halides is 3. The van der Waals surface area contributed by atoms with Gasteiger partial charge in [0.2, 0.25) is 0 Å². The summed E-state index contributed by atoms with van der Waals surface area (Å²) in [5, 5.41) is 8.86. The molecule has 0 unspecified atom stereocenters. The molecule has 1 N–H and O–H groups in total. The lowest BCUT2D eigenvalue weighted by Gasteiger charge is -2.13. The van der Waals surface area contributed by atoms with Gasteiger partial charge in [-0.3, -0.25) is 0 Å². The van der Waals surface area contributed by atoms with Crippen LogP contribution in [0.5, 0.6) is 0 Å². The van der Waals surface area contributed by atoms with E-state index in [1.807, 2.05) is 6.92 Å². The van der Waals surface area contributed by atoms with Crippen LogP contribution < -0.4 is 0 Å². The lowest BCUT2D eigenvalue weighted by Crippen LogP contribution is -2.08. The molecule has 0 saturated heterocycles. The van der Waals surface area contributed by atoms with Crippen molar-refractivity contribution in [3.8, 4) is 0 Å².